The second-order valence-corrected chi connectivity index (χ2v) is 4.64. The molecule has 0 radical (unpaired) electrons. The average Bonchev–Trinajstić information content (AvgIpc) is 2.42. The maximum Gasteiger partial charge on any atom is 0.125 e. The fourth-order valence-electron chi connectivity index (χ4n) is 2.15. The van der Waals surface area contributed by atoms with Crippen LogP contribution in [0.3, 0.4) is 0 Å². The third kappa shape index (κ3) is 2.79. The van der Waals surface area contributed by atoms with Gasteiger partial charge in [-0.2, -0.15) is 0 Å². The fourth-order valence-corrected chi connectivity index (χ4v) is 2.31. The monoisotopic (exact) mass is 267 g/mol. The Balaban J connectivity index is 2.34. The van der Waals surface area contributed by atoms with Crippen molar-refractivity contribution < 1.29 is 9.47 Å². The molecular formula is C14H18ClNO2. The zero-order chi connectivity index (χ0) is 13.0. The molecule has 2 rings (SSSR count). The van der Waals surface area contributed by atoms with Crippen molar-refractivity contribution in [1.82, 2.24) is 5.32 Å². The van der Waals surface area contributed by atoms with Gasteiger partial charge in [0.1, 0.15) is 11.5 Å². The number of allylic oxidation sites excluding steroid dienone is 1. The molecule has 1 atom stereocenters. The van der Waals surface area contributed by atoms with Crippen LogP contribution in [0.25, 0.3) is 0 Å². The van der Waals surface area contributed by atoms with Crippen molar-refractivity contribution >= 4 is 11.6 Å². The number of ether oxygens (including phenoxy) is 2. The first kappa shape index (κ1) is 13.2. The molecular weight excluding hydrogens is 250 g/mol. The van der Waals surface area contributed by atoms with E-state index in [1.54, 1.807) is 7.11 Å². The third-order valence-corrected chi connectivity index (χ3v) is 3.28. The van der Waals surface area contributed by atoms with E-state index in [0.717, 1.165) is 36.5 Å². The van der Waals surface area contributed by atoms with Crippen LogP contribution < -0.4 is 10.1 Å². The SMILES string of the molecule is CNC(C1=CCCCO1)c1ccc(Cl)cc1OC. The van der Waals surface area contributed by atoms with E-state index in [2.05, 4.69) is 11.4 Å². The van der Waals surface area contributed by atoms with Crippen molar-refractivity contribution in [3.63, 3.8) is 0 Å². The summed E-state index contributed by atoms with van der Waals surface area (Å²) in [5.41, 5.74) is 1.04. The van der Waals surface area contributed by atoms with E-state index in [1.807, 2.05) is 25.2 Å². The van der Waals surface area contributed by atoms with Gasteiger partial charge >= 0.3 is 0 Å². The molecule has 1 heterocycles. The highest BCUT2D eigenvalue weighted by atomic mass is 35.5. The molecule has 0 bridgehead atoms. The number of hydrogen-bond acceptors (Lipinski definition) is 3. The molecule has 1 aliphatic heterocycles. The Labute approximate surface area is 113 Å². The number of likely N-dealkylation sites (N-methyl/N-ethyl adjacent to an activating group) is 1. The van der Waals surface area contributed by atoms with Gasteiger partial charge in [-0.1, -0.05) is 17.7 Å². The quantitative estimate of drug-likeness (QED) is 0.908. The fraction of sp³-hybridized carbons (Fsp3) is 0.429. The van der Waals surface area contributed by atoms with E-state index in [1.165, 1.54) is 0 Å². The van der Waals surface area contributed by atoms with Crippen LogP contribution in [-0.2, 0) is 4.74 Å². The van der Waals surface area contributed by atoms with E-state index in [-0.39, 0.29) is 6.04 Å². The topological polar surface area (TPSA) is 30.5 Å². The molecule has 0 aromatic heterocycles. The van der Waals surface area contributed by atoms with E-state index < -0.39 is 0 Å². The molecule has 1 aromatic rings. The van der Waals surface area contributed by atoms with Crippen LogP contribution in [-0.4, -0.2) is 20.8 Å². The molecule has 1 N–H and O–H groups in total. The summed E-state index contributed by atoms with van der Waals surface area (Å²) < 4.78 is 11.1. The van der Waals surface area contributed by atoms with Crippen LogP contribution in [0.15, 0.2) is 30.0 Å². The molecule has 0 fully saturated rings. The minimum absolute atomic E-state index is 0.0116. The van der Waals surface area contributed by atoms with Gasteiger partial charge in [0.05, 0.1) is 19.8 Å². The lowest BCUT2D eigenvalue weighted by atomic mass is 10.0. The molecule has 1 aromatic carbocycles. The van der Waals surface area contributed by atoms with Gasteiger partial charge in [-0.3, -0.25) is 0 Å². The van der Waals surface area contributed by atoms with Crippen molar-refractivity contribution in [3.05, 3.63) is 40.6 Å². The normalized spacial score (nSPS) is 16.7. The lowest BCUT2D eigenvalue weighted by Gasteiger charge is -2.25. The summed E-state index contributed by atoms with van der Waals surface area (Å²) in [7, 11) is 3.56. The first-order valence-electron chi connectivity index (χ1n) is 6.10. The Hall–Kier alpha value is -1.19. The van der Waals surface area contributed by atoms with E-state index in [9.17, 15) is 0 Å². The first-order chi connectivity index (χ1) is 8.76. The summed E-state index contributed by atoms with van der Waals surface area (Å²) >= 11 is 5.98. The number of rotatable bonds is 4. The third-order valence-electron chi connectivity index (χ3n) is 3.04. The highest BCUT2D eigenvalue weighted by molar-refractivity contribution is 6.30. The highest BCUT2D eigenvalue weighted by Gasteiger charge is 2.21. The van der Waals surface area contributed by atoms with Crippen LogP contribution in [0.5, 0.6) is 5.75 Å². The van der Waals surface area contributed by atoms with Gasteiger partial charge < -0.3 is 14.8 Å². The minimum atomic E-state index is 0.0116. The molecule has 1 unspecified atom stereocenters. The van der Waals surface area contributed by atoms with Gasteiger partial charge in [-0.25, -0.2) is 0 Å². The molecule has 0 saturated carbocycles. The molecule has 0 spiro atoms. The lowest BCUT2D eigenvalue weighted by Crippen LogP contribution is -2.22. The maximum absolute atomic E-state index is 5.98. The van der Waals surface area contributed by atoms with Gasteiger partial charge in [0.15, 0.2) is 0 Å². The Morgan fingerprint density at radius 3 is 2.89 bits per heavy atom. The number of methoxy groups -OCH3 is 1. The molecule has 0 amide bonds. The summed E-state index contributed by atoms with van der Waals surface area (Å²) in [5.74, 6) is 1.74. The predicted octanol–water partition coefficient (Wildman–Crippen LogP) is 3.30. The first-order valence-corrected chi connectivity index (χ1v) is 6.47. The molecule has 3 nitrogen and oxygen atoms in total. The zero-order valence-corrected chi connectivity index (χ0v) is 11.5. The summed E-state index contributed by atoms with van der Waals surface area (Å²) in [5, 5.41) is 3.94. The second kappa shape index (κ2) is 6.12. The maximum atomic E-state index is 5.98. The highest BCUT2D eigenvalue weighted by Crippen LogP contribution is 2.33. The van der Waals surface area contributed by atoms with Gasteiger partial charge in [-0.05, 0) is 38.1 Å². The van der Waals surface area contributed by atoms with Gasteiger partial charge in [0, 0.05) is 10.6 Å². The number of benzene rings is 1. The largest absolute Gasteiger partial charge is 0.496 e. The van der Waals surface area contributed by atoms with Crippen molar-refractivity contribution in [1.29, 1.82) is 0 Å². The number of hydrogen-bond donors (Lipinski definition) is 1. The molecule has 1 aliphatic rings. The van der Waals surface area contributed by atoms with E-state index in [4.69, 9.17) is 21.1 Å². The Morgan fingerprint density at radius 1 is 1.44 bits per heavy atom. The summed E-state index contributed by atoms with van der Waals surface area (Å²) in [6.07, 6.45) is 4.28. The van der Waals surface area contributed by atoms with Crippen molar-refractivity contribution in [3.8, 4) is 5.75 Å². The molecule has 18 heavy (non-hydrogen) atoms. The van der Waals surface area contributed by atoms with E-state index in [0.29, 0.717) is 5.02 Å². The zero-order valence-electron chi connectivity index (χ0n) is 10.7. The van der Waals surface area contributed by atoms with Crippen LogP contribution >= 0.6 is 11.6 Å². The van der Waals surface area contributed by atoms with Crippen molar-refractivity contribution in [2.45, 2.75) is 18.9 Å². The van der Waals surface area contributed by atoms with Crippen molar-refractivity contribution in [2.75, 3.05) is 20.8 Å². The predicted molar refractivity (Wildman–Crippen MR) is 73.1 cm³/mol. The minimum Gasteiger partial charge on any atom is -0.496 e. The summed E-state index contributed by atoms with van der Waals surface area (Å²) in [6, 6.07) is 5.68. The second-order valence-electron chi connectivity index (χ2n) is 4.21. The van der Waals surface area contributed by atoms with Gasteiger partial charge in [0.25, 0.3) is 0 Å². The Bertz CT molecular complexity index is 445. The lowest BCUT2D eigenvalue weighted by molar-refractivity contribution is 0.169. The van der Waals surface area contributed by atoms with Crippen LogP contribution in [0.4, 0.5) is 0 Å². The van der Waals surface area contributed by atoms with Gasteiger partial charge in [-0.15, -0.1) is 0 Å². The molecule has 0 aliphatic carbocycles. The van der Waals surface area contributed by atoms with Crippen molar-refractivity contribution in [2.24, 2.45) is 0 Å². The standard InChI is InChI=1S/C14H18ClNO2/c1-16-14(12-5-3-4-8-18-12)11-7-6-10(15)9-13(11)17-2/h5-7,9,14,16H,3-4,8H2,1-2H3. The average molecular weight is 268 g/mol. The smallest absolute Gasteiger partial charge is 0.125 e. The van der Waals surface area contributed by atoms with Gasteiger partial charge in [0.2, 0.25) is 0 Å². The Kier molecular flexibility index (Phi) is 4.50. The van der Waals surface area contributed by atoms with E-state index >= 15 is 0 Å². The van der Waals surface area contributed by atoms with Crippen LogP contribution in [0.1, 0.15) is 24.4 Å². The van der Waals surface area contributed by atoms with Crippen LogP contribution in [0, 0.1) is 0 Å². The summed E-state index contributed by atoms with van der Waals surface area (Å²) in [6.45, 7) is 0.778. The molecule has 0 saturated heterocycles. The molecule has 98 valence electrons. The van der Waals surface area contributed by atoms with Crippen LogP contribution in [0.2, 0.25) is 5.02 Å². The number of halogens is 1. The Morgan fingerprint density at radius 2 is 2.28 bits per heavy atom. The summed E-state index contributed by atoms with van der Waals surface area (Å²) in [4.78, 5) is 0. The molecule has 4 heteroatoms. The number of nitrogens with one attached hydrogen (secondary N) is 1.